The Bertz CT molecular complexity index is 766. The van der Waals surface area contributed by atoms with Crippen molar-refractivity contribution in [1.29, 1.82) is 0 Å². The lowest BCUT2D eigenvalue weighted by molar-refractivity contribution is -0.118. The molecule has 28 heavy (non-hydrogen) atoms. The molecule has 1 amide bonds. The molecule has 0 atom stereocenters. The number of carbonyl (C=O) groups excluding carboxylic acids is 1. The molecule has 3 N–H and O–H groups in total. The lowest BCUT2D eigenvalue weighted by Gasteiger charge is -2.15. The van der Waals surface area contributed by atoms with E-state index in [0.29, 0.717) is 48.3 Å². The van der Waals surface area contributed by atoms with Gasteiger partial charge >= 0.3 is 0 Å². The molecule has 0 aliphatic rings. The maximum atomic E-state index is 12.2. The van der Waals surface area contributed by atoms with E-state index >= 15 is 0 Å². The zero-order valence-electron chi connectivity index (χ0n) is 16.3. The van der Waals surface area contributed by atoms with E-state index in [1.165, 1.54) is 0 Å². The SMILES string of the molecule is CCOc1cc(CNCCCO)c(Cl)cc1OCC(=O)Nc1ccc(C)cc1. The van der Waals surface area contributed by atoms with Gasteiger partial charge in [0, 0.05) is 29.9 Å². The Morgan fingerprint density at radius 1 is 1.14 bits per heavy atom. The number of aliphatic hydroxyl groups excluding tert-OH is 1. The highest BCUT2D eigenvalue weighted by molar-refractivity contribution is 6.31. The molecule has 0 spiro atoms. The highest BCUT2D eigenvalue weighted by Gasteiger charge is 2.13. The number of ether oxygens (including phenoxy) is 2. The maximum Gasteiger partial charge on any atom is 0.262 e. The first kappa shape index (κ1) is 22.0. The Hall–Kier alpha value is -2.28. The second-order valence-corrected chi connectivity index (χ2v) is 6.69. The average Bonchev–Trinajstić information content (AvgIpc) is 2.68. The van der Waals surface area contributed by atoms with E-state index in [1.54, 1.807) is 6.07 Å². The van der Waals surface area contributed by atoms with Crippen LogP contribution in [0.2, 0.25) is 5.02 Å². The predicted octanol–water partition coefficient (Wildman–Crippen LogP) is 3.54. The van der Waals surface area contributed by atoms with Crippen molar-refractivity contribution in [3.63, 3.8) is 0 Å². The second-order valence-electron chi connectivity index (χ2n) is 6.28. The zero-order chi connectivity index (χ0) is 20.4. The van der Waals surface area contributed by atoms with Crippen molar-refractivity contribution in [3.05, 3.63) is 52.5 Å². The number of rotatable bonds is 11. The Labute approximate surface area is 170 Å². The number of nitrogens with one attached hydrogen (secondary N) is 2. The van der Waals surface area contributed by atoms with Gasteiger partial charge in [-0.1, -0.05) is 29.3 Å². The van der Waals surface area contributed by atoms with Crippen molar-refractivity contribution in [1.82, 2.24) is 5.32 Å². The van der Waals surface area contributed by atoms with Gasteiger partial charge < -0.3 is 25.2 Å². The molecule has 0 aromatic heterocycles. The van der Waals surface area contributed by atoms with Crippen LogP contribution in [-0.2, 0) is 11.3 Å². The summed E-state index contributed by atoms with van der Waals surface area (Å²) in [5.41, 5.74) is 2.70. The molecule has 0 radical (unpaired) electrons. The van der Waals surface area contributed by atoms with Crippen LogP contribution in [0.15, 0.2) is 36.4 Å². The first-order valence-corrected chi connectivity index (χ1v) is 9.67. The molecule has 0 bridgehead atoms. The van der Waals surface area contributed by atoms with E-state index in [1.807, 2.05) is 44.2 Å². The van der Waals surface area contributed by atoms with Gasteiger partial charge in [-0.15, -0.1) is 0 Å². The molecule has 0 saturated heterocycles. The third-order valence-corrected chi connectivity index (χ3v) is 4.29. The summed E-state index contributed by atoms with van der Waals surface area (Å²) in [5.74, 6) is 0.691. The van der Waals surface area contributed by atoms with Crippen LogP contribution < -0.4 is 20.1 Å². The summed E-state index contributed by atoms with van der Waals surface area (Å²) >= 11 is 6.35. The highest BCUT2D eigenvalue weighted by Crippen LogP contribution is 2.33. The van der Waals surface area contributed by atoms with Crippen molar-refractivity contribution >= 4 is 23.2 Å². The van der Waals surface area contributed by atoms with Gasteiger partial charge in [-0.25, -0.2) is 0 Å². The Balaban J connectivity index is 1.99. The summed E-state index contributed by atoms with van der Waals surface area (Å²) in [6, 6.07) is 11.0. The minimum absolute atomic E-state index is 0.141. The monoisotopic (exact) mass is 406 g/mol. The standard InChI is InChI=1S/C21H27ClN2O4/c1-3-27-19-11-16(13-23-9-4-10-25)18(22)12-20(19)28-14-21(26)24-17-7-5-15(2)6-8-17/h5-8,11-12,23,25H,3-4,9-10,13-14H2,1-2H3,(H,24,26). The molecular weight excluding hydrogens is 380 g/mol. The lowest BCUT2D eigenvalue weighted by Crippen LogP contribution is -2.20. The Kier molecular flexibility index (Phi) is 9.07. The fourth-order valence-electron chi connectivity index (χ4n) is 2.50. The summed E-state index contributed by atoms with van der Waals surface area (Å²) < 4.78 is 11.3. The number of hydrogen-bond donors (Lipinski definition) is 3. The number of amides is 1. The number of aliphatic hydroxyl groups is 1. The van der Waals surface area contributed by atoms with E-state index in [4.69, 9.17) is 26.2 Å². The van der Waals surface area contributed by atoms with E-state index in [9.17, 15) is 4.79 Å². The van der Waals surface area contributed by atoms with E-state index in [-0.39, 0.29) is 19.1 Å². The normalized spacial score (nSPS) is 10.6. The summed E-state index contributed by atoms with van der Waals surface area (Å²) in [6.45, 7) is 5.55. The number of hydrogen-bond acceptors (Lipinski definition) is 5. The average molecular weight is 407 g/mol. The summed E-state index contributed by atoms with van der Waals surface area (Å²) in [7, 11) is 0. The lowest BCUT2D eigenvalue weighted by atomic mass is 10.2. The molecule has 0 aliphatic heterocycles. The van der Waals surface area contributed by atoms with Gasteiger partial charge in [-0.3, -0.25) is 4.79 Å². The quantitative estimate of drug-likeness (QED) is 0.497. The largest absolute Gasteiger partial charge is 0.490 e. The van der Waals surface area contributed by atoms with Gasteiger partial charge in [0.2, 0.25) is 0 Å². The molecule has 2 aromatic carbocycles. The minimum Gasteiger partial charge on any atom is -0.490 e. The fraction of sp³-hybridized carbons (Fsp3) is 0.381. The summed E-state index contributed by atoms with van der Waals surface area (Å²) in [4.78, 5) is 12.2. The second kappa shape index (κ2) is 11.5. The van der Waals surface area contributed by atoms with Gasteiger partial charge in [0.1, 0.15) is 0 Å². The zero-order valence-corrected chi connectivity index (χ0v) is 17.0. The van der Waals surface area contributed by atoms with Crippen LogP contribution >= 0.6 is 11.6 Å². The van der Waals surface area contributed by atoms with Gasteiger partial charge in [0.05, 0.1) is 6.61 Å². The van der Waals surface area contributed by atoms with Crippen molar-refractivity contribution in [2.75, 3.05) is 31.7 Å². The number of anilines is 1. The minimum atomic E-state index is -0.267. The third-order valence-electron chi connectivity index (χ3n) is 3.93. The van der Waals surface area contributed by atoms with Crippen molar-refractivity contribution in [2.45, 2.75) is 26.8 Å². The molecule has 0 unspecified atom stereocenters. The smallest absolute Gasteiger partial charge is 0.262 e. The van der Waals surface area contributed by atoms with E-state index in [2.05, 4.69) is 10.6 Å². The highest BCUT2D eigenvalue weighted by atomic mass is 35.5. The van der Waals surface area contributed by atoms with Gasteiger partial charge in [0.15, 0.2) is 18.1 Å². The Morgan fingerprint density at radius 3 is 2.54 bits per heavy atom. The molecule has 2 aromatic rings. The third kappa shape index (κ3) is 7.03. The van der Waals surface area contributed by atoms with Gasteiger partial charge in [-0.05, 0) is 50.6 Å². The van der Waals surface area contributed by atoms with E-state index < -0.39 is 0 Å². The van der Waals surface area contributed by atoms with Crippen molar-refractivity contribution in [3.8, 4) is 11.5 Å². The van der Waals surface area contributed by atoms with Crippen LogP contribution in [0.3, 0.4) is 0 Å². The molecular formula is C21H27ClN2O4. The van der Waals surface area contributed by atoms with Crippen LogP contribution in [-0.4, -0.2) is 37.4 Å². The summed E-state index contributed by atoms with van der Waals surface area (Å²) in [6.07, 6.45) is 0.674. The van der Waals surface area contributed by atoms with Crippen LogP contribution in [0, 0.1) is 6.92 Å². The molecule has 0 saturated carbocycles. The molecule has 0 heterocycles. The first-order valence-electron chi connectivity index (χ1n) is 9.29. The number of benzene rings is 2. The molecule has 2 rings (SSSR count). The molecule has 0 fully saturated rings. The first-order chi connectivity index (χ1) is 13.5. The molecule has 7 heteroatoms. The molecule has 152 valence electrons. The Morgan fingerprint density at radius 2 is 1.86 bits per heavy atom. The predicted molar refractivity (Wildman–Crippen MR) is 111 cm³/mol. The van der Waals surface area contributed by atoms with E-state index in [0.717, 1.165) is 11.1 Å². The maximum absolute atomic E-state index is 12.2. The van der Waals surface area contributed by atoms with Crippen LogP contribution in [0.4, 0.5) is 5.69 Å². The van der Waals surface area contributed by atoms with Crippen LogP contribution in [0.5, 0.6) is 11.5 Å². The van der Waals surface area contributed by atoms with Crippen molar-refractivity contribution in [2.24, 2.45) is 0 Å². The van der Waals surface area contributed by atoms with Crippen molar-refractivity contribution < 1.29 is 19.4 Å². The molecule has 6 nitrogen and oxygen atoms in total. The topological polar surface area (TPSA) is 79.8 Å². The van der Waals surface area contributed by atoms with Crippen LogP contribution in [0.1, 0.15) is 24.5 Å². The number of halogens is 1. The van der Waals surface area contributed by atoms with Crippen LogP contribution in [0.25, 0.3) is 0 Å². The number of carbonyl (C=O) groups is 1. The fourth-order valence-corrected chi connectivity index (χ4v) is 2.72. The van der Waals surface area contributed by atoms with Gasteiger partial charge in [0.25, 0.3) is 5.91 Å². The van der Waals surface area contributed by atoms with Gasteiger partial charge in [-0.2, -0.15) is 0 Å². The molecule has 0 aliphatic carbocycles. The number of aryl methyl sites for hydroxylation is 1. The summed E-state index contributed by atoms with van der Waals surface area (Å²) in [5, 5.41) is 15.4.